The summed E-state index contributed by atoms with van der Waals surface area (Å²) >= 11 is 0. The average molecular weight is 428 g/mol. The maximum atomic E-state index is 13.2. The van der Waals surface area contributed by atoms with Gasteiger partial charge in [-0.1, -0.05) is 42.0 Å². The lowest BCUT2D eigenvalue weighted by Crippen LogP contribution is -2.44. The molecular formula is C23H29N3O3S. The molecule has 2 heterocycles. The fourth-order valence-corrected chi connectivity index (χ4v) is 5.97. The molecule has 160 valence electrons. The Labute approximate surface area is 179 Å². The van der Waals surface area contributed by atoms with Crippen LogP contribution >= 0.6 is 0 Å². The molecule has 2 aliphatic heterocycles. The summed E-state index contributed by atoms with van der Waals surface area (Å²) in [7, 11) is -3.42. The molecule has 2 aromatic carbocycles. The number of benzene rings is 2. The number of hydrogen-bond acceptors (Lipinski definition) is 3. The molecule has 0 radical (unpaired) electrons. The van der Waals surface area contributed by atoms with Gasteiger partial charge in [-0.25, -0.2) is 0 Å². The predicted octanol–water partition coefficient (Wildman–Crippen LogP) is 3.15. The Bertz CT molecular complexity index is 1020. The standard InChI is InChI=1S/C23H29N3O3S/c1-19-7-4-8-20(17-19)21-9-5-10-22(18-21)23(27)24-11-6-14-26(16-15-24)30(28,29)25-12-2-3-13-25/h4-5,7-10,17-18H,2-3,6,11-16H2,1H3. The van der Waals surface area contributed by atoms with E-state index in [1.165, 1.54) is 5.56 Å². The molecule has 2 fully saturated rings. The van der Waals surface area contributed by atoms with Crippen LogP contribution in [0.25, 0.3) is 11.1 Å². The highest BCUT2D eigenvalue weighted by Crippen LogP contribution is 2.23. The first-order valence-electron chi connectivity index (χ1n) is 10.7. The van der Waals surface area contributed by atoms with Crippen LogP contribution in [0.2, 0.25) is 0 Å². The van der Waals surface area contributed by atoms with E-state index in [-0.39, 0.29) is 5.91 Å². The van der Waals surface area contributed by atoms with Gasteiger partial charge in [0, 0.05) is 44.8 Å². The smallest absolute Gasteiger partial charge is 0.282 e. The lowest BCUT2D eigenvalue weighted by Gasteiger charge is -2.26. The fourth-order valence-electron chi connectivity index (χ4n) is 4.25. The average Bonchev–Trinajstić information content (AvgIpc) is 3.19. The van der Waals surface area contributed by atoms with Gasteiger partial charge >= 0.3 is 0 Å². The van der Waals surface area contributed by atoms with Crippen LogP contribution in [0, 0.1) is 6.92 Å². The van der Waals surface area contributed by atoms with Gasteiger partial charge in [-0.2, -0.15) is 17.0 Å². The maximum Gasteiger partial charge on any atom is 0.282 e. The molecule has 6 nitrogen and oxygen atoms in total. The quantitative estimate of drug-likeness (QED) is 0.753. The van der Waals surface area contributed by atoms with Crippen molar-refractivity contribution in [1.82, 2.24) is 13.5 Å². The van der Waals surface area contributed by atoms with Crippen molar-refractivity contribution < 1.29 is 13.2 Å². The highest BCUT2D eigenvalue weighted by Gasteiger charge is 2.33. The topological polar surface area (TPSA) is 60.9 Å². The molecule has 0 bridgehead atoms. The molecule has 0 aromatic heterocycles. The first kappa shape index (κ1) is 21.0. The zero-order chi connectivity index (χ0) is 21.1. The van der Waals surface area contributed by atoms with Gasteiger partial charge in [0.2, 0.25) is 0 Å². The van der Waals surface area contributed by atoms with E-state index < -0.39 is 10.2 Å². The van der Waals surface area contributed by atoms with E-state index in [9.17, 15) is 13.2 Å². The molecule has 0 aliphatic carbocycles. The van der Waals surface area contributed by atoms with Crippen molar-refractivity contribution in [2.45, 2.75) is 26.2 Å². The van der Waals surface area contributed by atoms with E-state index >= 15 is 0 Å². The van der Waals surface area contributed by atoms with Gasteiger partial charge in [0.05, 0.1) is 0 Å². The van der Waals surface area contributed by atoms with E-state index in [1.807, 2.05) is 36.4 Å². The van der Waals surface area contributed by atoms with Gasteiger partial charge in [0.1, 0.15) is 0 Å². The van der Waals surface area contributed by atoms with Crippen molar-refractivity contribution in [1.29, 1.82) is 0 Å². The van der Waals surface area contributed by atoms with Gasteiger partial charge < -0.3 is 4.90 Å². The Morgan fingerprint density at radius 3 is 2.13 bits per heavy atom. The normalized spacial score (nSPS) is 19.0. The summed E-state index contributed by atoms with van der Waals surface area (Å²) in [5, 5.41) is 0. The second kappa shape index (κ2) is 8.88. The maximum absolute atomic E-state index is 13.2. The highest BCUT2D eigenvalue weighted by molar-refractivity contribution is 7.86. The predicted molar refractivity (Wildman–Crippen MR) is 118 cm³/mol. The van der Waals surface area contributed by atoms with Gasteiger partial charge in [-0.15, -0.1) is 0 Å². The van der Waals surface area contributed by atoms with E-state index in [1.54, 1.807) is 13.5 Å². The minimum atomic E-state index is -3.42. The van der Waals surface area contributed by atoms with Crippen LogP contribution in [0.1, 0.15) is 35.2 Å². The Morgan fingerprint density at radius 1 is 0.767 bits per heavy atom. The van der Waals surface area contributed by atoms with Gasteiger partial charge in [0.15, 0.2) is 0 Å². The number of carbonyl (C=O) groups excluding carboxylic acids is 1. The SMILES string of the molecule is Cc1cccc(-c2cccc(C(=O)N3CCCN(S(=O)(=O)N4CCCC4)CC3)c2)c1. The lowest BCUT2D eigenvalue weighted by molar-refractivity contribution is 0.0764. The first-order valence-corrected chi connectivity index (χ1v) is 12.1. The molecule has 4 rings (SSSR count). The number of rotatable bonds is 4. The third-order valence-electron chi connectivity index (χ3n) is 5.92. The molecular weight excluding hydrogens is 398 g/mol. The molecule has 2 aromatic rings. The summed E-state index contributed by atoms with van der Waals surface area (Å²) in [6.07, 6.45) is 2.50. The van der Waals surface area contributed by atoms with Gasteiger partial charge in [0.25, 0.3) is 16.1 Å². The molecule has 0 spiro atoms. The van der Waals surface area contributed by atoms with Crippen molar-refractivity contribution >= 4 is 16.1 Å². The number of hydrogen-bond donors (Lipinski definition) is 0. The number of carbonyl (C=O) groups is 1. The summed E-state index contributed by atoms with van der Waals surface area (Å²) in [5.74, 6) is -0.0371. The zero-order valence-electron chi connectivity index (χ0n) is 17.5. The summed E-state index contributed by atoms with van der Waals surface area (Å²) in [4.78, 5) is 14.9. The van der Waals surface area contributed by atoms with Crippen LogP contribution in [0.5, 0.6) is 0 Å². The lowest BCUT2D eigenvalue weighted by atomic mass is 10.0. The number of aryl methyl sites for hydroxylation is 1. The Hall–Kier alpha value is -2.22. The monoisotopic (exact) mass is 427 g/mol. The van der Waals surface area contributed by atoms with Gasteiger partial charge in [-0.3, -0.25) is 4.79 Å². The van der Waals surface area contributed by atoms with Crippen LogP contribution in [-0.4, -0.2) is 67.1 Å². The summed E-state index contributed by atoms with van der Waals surface area (Å²) in [5.41, 5.74) is 3.92. The van der Waals surface area contributed by atoms with Crippen LogP contribution in [-0.2, 0) is 10.2 Å². The Kier molecular flexibility index (Phi) is 6.22. The van der Waals surface area contributed by atoms with Gasteiger partial charge in [-0.05, 0) is 49.4 Å². The van der Waals surface area contributed by atoms with E-state index in [4.69, 9.17) is 0 Å². The van der Waals surface area contributed by atoms with E-state index in [0.717, 1.165) is 24.0 Å². The molecule has 0 atom stereocenters. The fraction of sp³-hybridized carbons (Fsp3) is 0.435. The summed E-state index contributed by atoms with van der Waals surface area (Å²) in [6, 6.07) is 15.9. The third kappa shape index (κ3) is 4.43. The molecule has 0 unspecified atom stereocenters. The van der Waals surface area contributed by atoms with Crippen LogP contribution < -0.4 is 0 Å². The Balaban J connectivity index is 1.47. The second-order valence-electron chi connectivity index (χ2n) is 8.11. The zero-order valence-corrected chi connectivity index (χ0v) is 18.3. The molecule has 2 aliphatic rings. The van der Waals surface area contributed by atoms with Crippen molar-refractivity contribution in [3.8, 4) is 11.1 Å². The van der Waals surface area contributed by atoms with E-state index in [2.05, 4.69) is 19.1 Å². The number of nitrogens with zero attached hydrogens (tertiary/aromatic N) is 3. The minimum absolute atomic E-state index is 0.0371. The molecule has 7 heteroatoms. The van der Waals surface area contributed by atoms with Crippen LogP contribution in [0.15, 0.2) is 48.5 Å². The van der Waals surface area contributed by atoms with Crippen molar-refractivity contribution in [3.63, 3.8) is 0 Å². The molecule has 0 saturated carbocycles. The molecule has 2 saturated heterocycles. The van der Waals surface area contributed by atoms with Crippen molar-refractivity contribution in [3.05, 3.63) is 59.7 Å². The van der Waals surface area contributed by atoms with E-state index in [0.29, 0.717) is 51.3 Å². The second-order valence-corrected chi connectivity index (χ2v) is 10.0. The molecule has 1 amide bonds. The molecule has 0 N–H and O–H groups in total. The summed E-state index contributed by atoms with van der Waals surface area (Å²) in [6.45, 7) is 5.06. The third-order valence-corrected chi connectivity index (χ3v) is 7.96. The van der Waals surface area contributed by atoms with Crippen LogP contribution in [0.3, 0.4) is 0 Å². The minimum Gasteiger partial charge on any atom is -0.337 e. The Morgan fingerprint density at radius 2 is 1.40 bits per heavy atom. The first-order chi connectivity index (χ1) is 14.4. The summed E-state index contributed by atoms with van der Waals surface area (Å²) < 4.78 is 28.9. The van der Waals surface area contributed by atoms with Crippen molar-refractivity contribution in [2.24, 2.45) is 0 Å². The molecule has 30 heavy (non-hydrogen) atoms. The van der Waals surface area contributed by atoms with Crippen LogP contribution in [0.4, 0.5) is 0 Å². The number of amides is 1. The largest absolute Gasteiger partial charge is 0.337 e. The highest BCUT2D eigenvalue weighted by atomic mass is 32.2. The van der Waals surface area contributed by atoms with Crippen molar-refractivity contribution in [2.75, 3.05) is 39.3 Å².